The van der Waals surface area contributed by atoms with Crippen molar-refractivity contribution in [2.45, 2.75) is 12.2 Å². The highest BCUT2D eigenvalue weighted by Crippen LogP contribution is 2.43. The molecule has 2 amide bonds. The van der Waals surface area contributed by atoms with Crippen molar-refractivity contribution in [1.29, 1.82) is 0 Å². The van der Waals surface area contributed by atoms with Gasteiger partial charge in [0.2, 0.25) is 5.91 Å². The molecule has 3 rings (SSSR count). The predicted octanol–water partition coefficient (Wildman–Crippen LogP) is 1.37. The summed E-state index contributed by atoms with van der Waals surface area (Å²) in [7, 11) is 1.81. The van der Waals surface area contributed by atoms with E-state index in [1.807, 2.05) is 32.2 Å². The number of ether oxygens (including phenoxy) is 1. The van der Waals surface area contributed by atoms with E-state index in [9.17, 15) is 9.59 Å². The number of nitrogens with two attached hydrogens (primary N) is 1. The van der Waals surface area contributed by atoms with Crippen LogP contribution in [0.4, 0.5) is 5.82 Å². The molecule has 1 atom stereocenters. The Morgan fingerprint density at radius 2 is 2.33 bits per heavy atom. The molecule has 126 valence electrons. The summed E-state index contributed by atoms with van der Waals surface area (Å²) < 4.78 is 7.08. The van der Waals surface area contributed by atoms with Crippen molar-refractivity contribution in [3.63, 3.8) is 0 Å². The Balaban J connectivity index is 1.99. The second-order valence-electron chi connectivity index (χ2n) is 5.54. The Hall–Kier alpha value is -2.48. The number of carbonyl (C=O) groups is 2. The van der Waals surface area contributed by atoms with E-state index in [0.717, 1.165) is 22.6 Å². The summed E-state index contributed by atoms with van der Waals surface area (Å²) in [5.41, 5.74) is 7.96. The summed E-state index contributed by atoms with van der Waals surface area (Å²) in [4.78, 5) is 22.9. The van der Waals surface area contributed by atoms with Crippen LogP contribution in [-0.4, -0.2) is 34.0 Å². The molecule has 0 radical (unpaired) electrons. The maximum absolute atomic E-state index is 12.0. The number of primary amides is 1. The van der Waals surface area contributed by atoms with Crippen LogP contribution in [0.5, 0.6) is 5.75 Å². The van der Waals surface area contributed by atoms with E-state index in [1.54, 1.807) is 10.7 Å². The fourth-order valence-electron chi connectivity index (χ4n) is 2.73. The Kier molecular flexibility index (Phi) is 4.48. The van der Waals surface area contributed by atoms with Gasteiger partial charge in [-0.05, 0) is 24.6 Å². The van der Waals surface area contributed by atoms with Crippen LogP contribution >= 0.6 is 11.8 Å². The number of anilines is 1. The molecule has 0 bridgehead atoms. The molecule has 2 aromatic rings. The number of nitrogens with one attached hydrogen (secondary N) is 1. The summed E-state index contributed by atoms with van der Waals surface area (Å²) in [6.07, 6.45) is 0. The first-order chi connectivity index (χ1) is 11.5. The maximum Gasteiger partial charge on any atom is 0.255 e. The van der Waals surface area contributed by atoms with Gasteiger partial charge in [-0.1, -0.05) is 12.1 Å². The monoisotopic (exact) mass is 346 g/mol. The highest BCUT2D eigenvalue weighted by atomic mass is 32.2. The van der Waals surface area contributed by atoms with E-state index >= 15 is 0 Å². The Morgan fingerprint density at radius 3 is 3.08 bits per heavy atom. The van der Waals surface area contributed by atoms with Crippen molar-refractivity contribution in [3.05, 3.63) is 41.1 Å². The van der Waals surface area contributed by atoms with Crippen molar-refractivity contribution in [3.8, 4) is 5.75 Å². The lowest BCUT2D eigenvalue weighted by Crippen LogP contribution is -2.20. The fourth-order valence-corrected chi connectivity index (χ4v) is 3.91. The van der Waals surface area contributed by atoms with Gasteiger partial charge in [0.25, 0.3) is 5.91 Å². The smallest absolute Gasteiger partial charge is 0.255 e. The van der Waals surface area contributed by atoms with Crippen molar-refractivity contribution >= 4 is 29.4 Å². The molecular formula is C16H18N4O3S. The van der Waals surface area contributed by atoms with Gasteiger partial charge >= 0.3 is 0 Å². The summed E-state index contributed by atoms with van der Waals surface area (Å²) in [6.45, 7) is 1.76. The number of benzene rings is 1. The molecule has 2 heterocycles. The van der Waals surface area contributed by atoms with Gasteiger partial charge < -0.3 is 15.8 Å². The molecule has 1 aliphatic heterocycles. The molecular weight excluding hydrogens is 328 g/mol. The molecule has 0 saturated heterocycles. The first kappa shape index (κ1) is 16.4. The third kappa shape index (κ3) is 3.23. The number of fused-ring (bicyclic) bond motifs is 1. The van der Waals surface area contributed by atoms with Crippen LogP contribution in [-0.2, 0) is 16.6 Å². The molecule has 3 N–H and O–H groups in total. The summed E-state index contributed by atoms with van der Waals surface area (Å²) in [6, 6.07) is 7.47. The molecule has 0 aliphatic carbocycles. The van der Waals surface area contributed by atoms with Gasteiger partial charge in [0.05, 0.1) is 16.7 Å². The molecule has 0 unspecified atom stereocenters. The average Bonchev–Trinajstić information content (AvgIpc) is 2.72. The number of carbonyl (C=O) groups excluding carboxylic acids is 2. The van der Waals surface area contributed by atoms with Crippen molar-refractivity contribution in [2.24, 2.45) is 12.8 Å². The normalized spacial score (nSPS) is 16.9. The van der Waals surface area contributed by atoms with Gasteiger partial charge in [0, 0.05) is 12.6 Å². The third-order valence-electron chi connectivity index (χ3n) is 3.71. The molecule has 0 fully saturated rings. The lowest BCUT2D eigenvalue weighted by molar-refractivity contribution is -0.120. The molecule has 8 heteroatoms. The topological polar surface area (TPSA) is 99.2 Å². The van der Waals surface area contributed by atoms with Crippen molar-refractivity contribution in [2.75, 3.05) is 17.7 Å². The first-order valence-corrected chi connectivity index (χ1v) is 8.46. The lowest BCUT2D eigenvalue weighted by atomic mass is 10.0. The van der Waals surface area contributed by atoms with Crippen LogP contribution in [0.3, 0.4) is 0 Å². The van der Waals surface area contributed by atoms with Gasteiger partial charge in [-0.25, -0.2) is 0 Å². The van der Waals surface area contributed by atoms with E-state index in [-0.39, 0.29) is 17.8 Å². The SMILES string of the molecule is Cc1nn(C)c2c1[C@@H](c1cccc(OCC(N)=O)c1)SCC(=O)N2. The van der Waals surface area contributed by atoms with Crippen LogP contribution in [0.2, 0.25) is 0 Å². The number of hydrogen-bond acceptors (Lipinski definition) is 5. The van der Waals surface area contributed by atoms with Gasteiger partial charge in [-0.15, -0.1) is 11.8 Å². The third-order valence-corrected chi connectivity index (χ3v) is 4.98. The second kappa shape index (κ2) is 6.56. The minimum Gasteiger partial charge on any atom is -0.484 e. The van der Waals surface area contributed by atoms with Crippen LogP contribution in [0.1, 0.15) is 22.1 Å². The zero-order chi connectivity index (χ0) is 17.3. The van der Waals surface area contributed by atoms with E-state index < -0.39 is 5.91 Å². The molecule has 7 nitrogen and oxygen atoms in total. The summed E-state index contributed by atoms with van der Waals surface area (Å²) >= 11 is 1.54. The minimum atomic E-state index is -0.524. The van der Waals surface area contributed by atoms with Crippen molar-refractivity contribution in [1.82, 2.24) is 9.78 Å². The van der Waals surface area contributed by atoms with Crippen molar-refractivity contribution < 1.29 is 14.3 Å². The molecule has 0 saturated carbocycles. The van der Waals surface area contributed by atoms with E-state index in [1.165, 1.54) is 11.8 Å². The number of aromatic nitrogens is 2. The van der Waals surface area contributed by atoms with E-state index in [2.05, 4.69) is 10.4 Å². The Morgan fingerprint density at radius 1 is 1.54 bits per heavy atom. The van der Waals surface area contributed by atoms with Gasteiger partial charge in [-0.3, -0.25) is 14.3 Å². The first-order valence-electron chi connectivity index (χ1n) is 7.41. The van der Waals surface area contributed by atoms with E-state index in [4.69, 9.17) is 10.5 Å². The van der Waals surface area contributed by atoms with Gasteiger partial charge in [0.15, 0.2) is 6.61 Å². The standard InChI is InChI=1S/C16H18N4O3S/c1-9-14-15(24-8-13(22)18-16(14)20(2)19-9)10-4-3-5-11(6-10)23-7-12(17)21/h3-6,15H,7-8H2,1-2H3,(H2,17,21)(H,18,22)/t15-/m1/s1. The summed E-state index contributed by atoms with van der Waals surface area (Å²) in [5.74, 6) is 1.07. The zero-order valence-corrected chi connectivity index (χ0v) is 14.2. The molecule has 1 aliphatic rings. The molecule has 1 aromatic carbocycles. The van der Waals surface area contributed by atoms with Crippen LogP contribution in [0.15, 0.2) is 24.3 Å². The average molecular weight is 346 g/mol. The highest BCUT2D eigenvalue weighted by Gasteiger charge is 2.29. The predicted molar refractivity (Wildman–Crippen MR) is 92.0 cm³/mol. The Bertz CT molecular complexity index is 803. The number of rotatable bonds is 4. The minimum absolute atomic E-state index is 0.0483. The van der Waals surface area contributed by atoms with Crippen LogP contribution in [0, 0.1) is 6.92 Å². The number of aryl methyl sites for hydroxylation is 2. The zero-order valence-electron chi connectivity index (χ0n) is 13.4. The summed E-state index contributed by atoms with van der Waals surface area (Å²) in [5, 5.41) is 7.29. The second-order valence-corrected chi connectivity index (χ2v) is 6.63. The number of nitrogens with zero attached hydrogens (tertiary/aromatic N) is 2. The van der Waals surface area contributed by atoms with E-state index in [0.29, 0.717) is 11.5 Å². The highest BCUT2D eigenvalue weighted by molar-refractivity contribution is 8.00. The fraction of sp³-hybridized carbons (Fsp3) is 0.312. The van der Waals surface area contributed by atoms with Crippen LogP contribution in [0.25, 0.3) is 0 Å². The van der Waals surface area contributed by atoms with Crippen LogP contribution < -0.4 is 15.8 Å². The van der Waals surface area contributed by atoms with Gasteiger partial charge in [-0.2, -0.15) is 5.10 Å². The molecule has 24 heavy (non-hydrogen) atoms. The molecule has 0 spiro atoms. The number of hydrogen-bond donors (Lipinski definition) is 2. The number of amides is 2. The lowest BCUT2D eigenvalue weighted by Gasteiger charge is -2.16. The molecule has 1 aromatic heterocycles. The quantitative estimate of drug-likeness (QED) is 0.871. The van der Waals surface area contributed by atoms with Gasteiger partial charge in [0.1, 0.15) is 11.6 Å². The Labute approximate surface area is 143 Å². The number of thioether (sulfide) groups is 1. The largest absolute Gasteiger partial charge is 0.484 e. The maximum atomic E-state index is 12.0.